The van der Waals surface area contributed by atoms with Crippen LogP contribution in [0.4, 0.5) is 4.39 Å². The van der Waals surface area contributed by atoms with Crippen LogP contribution in [0.2, 0.25) is 0 Å². The predicted molar refractivity (Wildman–Crippen MR) is 110 cm³/mol. The number of benzene rings is 2. The highest BCUT2D eigenvalue weighted by Gasteiger charge is 2.11. The highest BCUT2D eigenvalue weighted by molar-refractivity contribution is 7.99. The second-order valence-corrected chi connectivity index (χ2v) is 8.00. The molecule has 0 saturated carbocycles. The van der Waals surface area contributed by atoms with Crippen LogP contribution < -0.4 is 5.32 Å². The van der Waals surface area contributed by atoms with Crippen LogP contribution in [0.1, 0.15) is 36.0 Å². The summed E-state index contributed by atoms with van der Waals surface area (Å²) in [6.45, 7) is 3.88. The molecule has 5 heteroatoms. The van der Waals surface area contributed by atoms with Gasteiger partial charge in [0.25, 0.3) is 0 Å². The van der Waals surface area contributed by atoms with Crippen LogP contribution in [0, 0.1) is 5.82 Å². The molecule has 0 aliphatic carbocycles. The molecule has 1 aliphatic rings. The molecule has 144 valence electrons. The van der Waals surface area contributed by atoms with Crippen molar-refractivity contribution in [1.29, 1.82) is 0 Å². The fraction of sp³-hybridized carbons (Fsp3) is 0.409. The summed E-state index contributed by atoms with van der Waals surface area (Å²) in [5.74, 6) is 0.612. The number of nitrogens with one attached hydrogen (secondary N) is 1. The summed E-state index contributed by atoms with van der Waals surface area (Å²) in [7, 11) is 0. The third-order valence-corrected chi connectivity index (χ3v) is 5.77. The summed E-state index contributed by atoms with van der Waals surface area (Å²) in [6.07, 6.45) is 3.93. The van der Waals surface area contributed by atoms with E-state index in [0.717, 1.165) is 12.1 Å². The fourth-order valence-electron chi connectivity index (χ4n) is 3.33. The van der Waals surface area contributed by atoms with Crippen LogP contribution in [0.5, 0.6) is 0 Å². The van der Waals surface area contributed by atoms with Gasteiger partial charge in [0, 0.05) is 18.8 Å². The van der Waals surface area contributed by atoms with Crippen molar-refractivity contribution in [2.45, 2.75) is 38.1 Å². The monoisotopic (exact) mass is 386 g/mol. The van der Waals surface area contributed by atoms with Crippen molar-refractivity contribution >= 4 is 17.7 Å². The van der Waals surface area contributed by atoms with Gasteiger partial charge in [-0.3, -0.25) is 9.69 Å². The summed E-state index contributed by atoms with van der Waals surface area (Å²) in [6, 6.07) is 15.2. The lowest BCUT2D eigenvalue weighted by molar-refractivity contribution is -0.118. The zero-order valence-corrected chi connectivity index (χ0v) is 16.4. The van der Waals surface area contributed by atoms with Crippen molar-refractivity contribution < 1.29 is 9.18 Å². The first-order valence-electron chi connectivity index (χ1n) is 9.59. The normalized spacial score (nSPS) is 14.9. The number of carbonyl (C=O) groups excluding carboxylic acids is 1. The SMILES string of the molecule is O=C(CSCc1ccccc1F)NCc1cccc(CN2CCCCC2)c1. The summed E-state index contributed by atoms with van der Waals surface area (Å²) in [5, 5.41) is 2.96. The van der Waals surface area contributed by atoms with E-state index in [4.69, 9.17) is 0 Å². The highest BCUT2D eigenvalue weighted by atomic mass is 32.2. The van der Waals surface area contributed by atoms with Gasteiger partial charge in [-0.2, -0.15) is 0 Å². The Morgan fingerprint density at radius 2 is 1.81 bits per heavy atom. The number of hydrogen-bond donors (Lipinski definition) is 1. The Morgan fingerprint density at radius 1 is 1.04 bits per heavy atom. The van der Waals surface area contributed by atoms with E-state index < -0.39 is 0 Å². The maximum Gasteiger partial charge on any atom is 0.230 e. The van der Waals surface area contributed by atoms with Crippen LogP contribution in [0.25, 0.3) is 0 Å². The predicted octanol–water partition coefficient (Wildman–Crippen LogP) is 4.36. The van der Waals surface area contributed by atoms with Crippen LogP contribution in [0.3, 0.4) is 0 Å². The van der Waals surface area contributed by atoms with Gasteiger partial charge in [-0.1, -0.05) is 48.9 Å². The van der Waals surface area contributed by atoms with E-state index in [-0.39, 0.29) is 11.7 Å². The molecule has 0 bridgehead atoms. The second-order valence-electron chi connectivity index (χ2n) is 7.02. The van der Waals surface area contributed by atoms with E-state index >= 15 is 0 Å². The number of halogens is 1. The van der Waals surface area contributed by atoms with Crippen molar-refractivity contribution in [2.75, 3.05) is 18.8 Å². The van der Waals surface area contributed by atoms with Crippen LogP contribution in [-0.4, -0.2) is 29.6 Å². The third kappa shape index (κ3) is 6.67. The Balaban J connectivity index is 1.40. The minimum absolute atomic E-state index is 0.0160. The standard InChI is InChI=1S/C22H27FN2OS/c23-21-10-3-2-9-20(21)16-27-17-22(26)24-14-18-7-6-8-19(13-18)15-25-11-4-1-5-12-25/h2-3,6-10,13H,1,4-5,11-12,14-17H2,(H,24,26). The Labute approximate surface area is 165 Å². The average Bonchev–Trinajstić information content (AvgIpc) is 2.69. The minimum atomic E-state index is -0.212. The Morgan fingerprint density at radius 3 is 2.63 bits per heavy atom. The second kappa shape index (κ2) is 10.5. The molecule has 1 saturated heterocycles. The molecule has 1 heterocycles. The molecule has 1 N–H and O–H groups in total. The van der Waals surface area contributed by atoms with Gasteiger partial charge in [0.15, 0.2) is 0 Å². The number of piperidine rings is 1. The lowest BCUT2D eigenvalue weighted by atomic mass is 10.1. The maximum absolute atomic E-state index is 13.6. The number of nitrogens with zero attached hydrogens (tertiary/aromatic N) is 1. The average molecular weight is 387 g/mol. The first-order valence-corrected chi connectivity index (χ1v) is 10.7. The molecule has 3 rings (SSSR count). The molecule has 2 aromatic carbocycles. The van der Waals surface area contributed by atoms with Gasteiger partial charge in [0.2, 0.25) is 5.91 Å². The van der Waals surface area contributed by atoms with Gasteiger partial charge >= 0.3 is 0 Å². The van der Waals surface area contributed by atoms with Crippen LogP contribution in [0.15, 0.2) is 48.5 Å². The molecule has 0 aromatic heterocycles. The largest absolute Gasteiger partial charge is 0.351 e. The molecule has 1 aliphatic heterocycles. The number of likely N-dealkylation sites (tertiary alicyclic amines) is 1. The smallest absolute Gasteiger partial charge is 0.230 e. The summed E-state index contributed by atoms with van der Waals surface area (Å²) in [4.78, 5) is 14.6. The van der Waals surface area contributed by atoms with E-state index in [9.17, 15) is 9.18 Å². The first kappa shape index (κ1) is 19.9. The highest BCUT2D eigenvalue weighted by Crippen LogP contribution is 2.16. The Kier molecular flexibility index (Phi) is 7.72. The number of rotatable bonds is 8. The first-order chi connectivity index (χ1) is 13.2. The van der Waals surface area contributed by atoms with Gasteiger partial charge in [0.05, 0.1) is 5.75 Å². The van der Waals surface area contributed by atoms with Crippen LogP contribution >= 0.6 is 11.8 Å². The van der Waals surface area contributed by atoms with Crippen molar-refractivity contribution in [3.05, 3.63) is 71.0 Å². The number of amides is 1. The van der Waals surface area contributed by atoms with E-state index in [1.807, 2.05) is 12.1 Å². The lowest BCUT2D eigenvalue weighted by Crippen LogP contribution is -2.29. The summed E-state index contributed by atoms with van der Waals surface area (Å²) < 4.78 is 13.6. The molecular weight excluding hydrogens is 359 g/mol. The maximum atomic E-state index is 13.6. The van der Waals surface area contributed by atoms with Crippen molar-refractivity contribution in [3.63, 3.8) is 0 Å². The molecule has 0 radical (unpaired) electrons. The van der Waals surface area contributed by atoms with E-state index in [1.54, 1.807) is 12.1 Å². The molecule has 27 heavy (non-hydrogen) atoms. The van der Waals surface area contributed by atoms with E-state index in [1.165, 1.54) is 55.7 Å². The molecule has 0 spiro atoms. The zero-order chi connectivity index (χ0) is 18.9. The third-order valence-electron chi connectivity index (χ3n) is 4.78. The van der Waals surface area contributed by atoms with Gasteiger partial charge in [-0.05, 0) is 48.7 Å². The lowest BCUT2D eigenvalue weighted by Gasteiger charge is -2.26. The van der Waals surface area contributed by atoms with Crippen molar-refractivity contribution in [2.24, 2.45) is 0 Å². The Hall–Kier alpha value is -1.85. The molecular formula is C22H27FN2OS. The number of carbonyl (C=O) groups is 1. The molecule has 0 unspecified atom stereocenters. The van der Waals surface area contributed by atoms with Gasteiger partial charge in [-0.15, -0.1) is 11.8 Å². The van der Waals surface area contributed by atoms with Crippen LogP contribution in [-0.2, 0) is 23.6 Å². The molecule has 0 atom stereocenters. The topological polar surface area (TPSA) is 32.3 Å². The van der Waals surface area contributed by atoms with Crippen molar-refractivity contribution in [3.8, 4) is 0 Å². The fourth-order valence-corrected chi connectivity index (χ4v) is 4.18. The van der Waals surface area contributed by atoms with Crippen molar-refractivity contribution in [1.82, 2.24) is 10.2 Å². The van der Waals surface area contributed by atoms with Gasteiger partial charge in [-0.25, -0.2) is 4.39 Å². The zero-order valence-electron chi connectivity index (χ0n) is 15.6. The summed E-state index contributed by atoms with van der Waals surface area (Å²) in [5.41, 5.74) is 3.07. The van der Waals surface area contributed by atoms with Gasteiger partial charge in [0.1, 0.15) is 5.82 Å². The molecule has 1 amide bonds. The molecule has 3 nitrogen and oxygen atoms in total. The van der Waals surface area contributed by atoms with E-state index in [2.05, 4.69) is 28.4 Å². The molecule has 2 aromatic rings. The number of hydrogen-bond acceptors (Lipinski definition) is 3. The quantitative estimate of drug-likeness (QED) is 0.732. The molecule has 1 fully saturated rings. The van der Waals surface area contributed by atoms with Gasteiger partial charge < -0.3 is 5.32 Å². The minimum Gasteiger partial charge on any atom is -0.351 e. The number of thioether (sulfide) groups is 1. The summed E-state index contributed by atoms with van der Waals surface area (Å²) >= 11 is 1.43. The van der Waals surface area contributed by atoms with E-state index in [0.29, 0.717) is 23.6 Å². The Bertz CT molecular complexity index is 747.